The third-order valence-electron chi connectivity index (χ3n) is 4.98. The molecule has 3 atom stereocenters. The van der Waals surface area contributed by atoms with Crippen molar-refractivity contribution in [2.24, 2.45) is 0 Å². The fourth-order valence-corrected chi connectivity index (χ4v) is 4.38. The molecule has 150 valence electrons. The van der Waals surface area contributed by atoms with E-state index in [-0.39, 0.29) is 18.8 Å². The van der Waals surface area contributed by atoms with Crippen LogP contribution in [-0.2, 0) is 16.1 Å². The summed E-state index contributed by atoms with van der Waals surface area (Å²) < 4.78 is 12.6. The van der Waals surface area contributed by atoms with Gasteiger partial charge < -0.3 is 20.3 Å². The maximum Gasteiger partial charge on any atom is 0.184 e. The molecule has 0 radical (unpaired) electrons. The Kier molecular flexibility index (Phi) is 6.52. The van der Waals surface area contributed by atoms with Crippen molar-refractivity contribution in [1.29, 1.82) is 0 Å². The lowest BCUT2D eigenvalue weighted by molar-refractivity contribution is -0.245. The van der Waals surface area contributed by atoms with Crippen molar-refractivity contribution in [1.82, 2.24) is 0 Å². The Balaban J connectivity index is 1.53. The van der Waals surface area contributed by atoms with Crippen LogP contribution in [0.15, 0.2) is 83.8 Å². The van der Waals surface area contributed by atoms with Gasteiger partial charge in [-0.2, -0.15) is 0 Å². The maximum absolute atomic E-state index is 9.31. The second kappa shape index (κ2) is 9.46. The Morgan fingerprint density at radius 2 is 1.69 bits per heavy atom. The highest BCUT2D eigenvalue weighted by Crippen LogP contribution is 2.39. The van der Waals surface area contributed by atoms with Crippen LogP contribution in [0.2, 0.25) is 0 Å². The van der Waals surface area contributed by atoms with Crippen LogP contribution in [0.1, 0.15) is 35.5 Å². The van der Waals surface area contributed by atoms with Crippen molar-refractivity contribution >= 4 is 17.4 Å². The molecule has 0 saturated carbocycles. The van der Waals surface area contributed by atoms with E-state index in [1.807, 2.05) is 66.7 Å². The Morgan fingerprint density at radius 3 is 2.41 bits per heavy atom. The zero-order valence-electron chi connectivity index (χ0n) is 16.1. The predicted octanol–water partition coefficient (Wildman–Crippen LogP) is 5.10. The molecular formula is C24H25NO3S. The molecule has 3 N–H and O–H groups in total. The van der Waals surface area contributed by atoms with Crippen LogP contribution >= 0.6 is 11.8 Å². The molecule has 1 fully saturated rings. The Hall–Kier alpha value is -2.31. The summed E-state index contributed by atoms with van der Waals surface area (Å²) in [6.45, 7) is 0.0389. The monoisotopic (exact) mass is 407 g/mol. The smallest absolute Gasteiger partial charge is 0.184 e. The number of aliphatic hydroxyl groups is 1. The van der Waals surface area contributed by atoms with Crippen LogP contribution < -0.4 is 5.73 Å². The highest BCUT2D eigenvalue weighted by Gasteiger charge is 2.32. The summed E-state index contributed by atoms with van der Waals surface area (Å²) in [5, 5.41) is 9.31. The topological polar surface area (TPSA) is 64.7 Å². The van der Waals surface area contributed by atoms with E-state index in [0.717, 1.165) is 28.9 Å². The summed E-state index contributed by atoms with van der Waals surface area (Å²) in [5.74, 6) is 0.845. The largest absolute Gasteiger partial charge is 0.399 e. The molecule has 1 aliphatic rings. The number of nitrogens with two attached hydrogens (primary N) is 1. The molecule has 0 spiro atoms. The molecule has 1 heterocycles. The summed E-state index contributed by atoms with van der Waals surface area (Å²) in [6.07, 6.45) is 0.278. The molecule has 29 heavy (non-hydrogen) atoms. The molecule has 0 aliphatic carbocycles. The molecule has 3 aromatic carbocycles. The minimum Gasteiger partial charge on any atom is -0.399 e. The molecule has 5 heteroatoms. The second-order valence-corrected chi connectivity index (χ2v) is 8.24. The van der Waals surface area contributed by atoms with Crippen molar-refractivity contribution in [3.63, 3.8) is 0 Å². The van der Waals surface area contributed by atoms with E-state index >= 15 is 0 Å². The van der Waals surface area contributed by atoms with E-state index in [2.05, 4.69) is 12.1 Å². The summed E-state index contributed by atoms with van der Waals surface area (Å²) in [6, 6.07) is 26.0. The summed E-state index contributed by atoms with van der Waals surface area (Å²) in [4.78, 5) is 1.23. The van der Waals surface area contributed by atoms with Gasteiger partial charge in [-0.15, -0.1) is 11.8 Å². The lowest BCUT2D eigenvalue weighted by Gasteiger charge is -2.36. The van der Waals surface area contributed by atoms with Gasteiger partial charge in [0.1, 0.15) is 0 Å². The zero-order valence-corrected chi connectivity index (χ0v) is 16.9. The van der Waals surface area contributed by atoms with Crippen LogP contribution in [0.25, 0.3) is 0 Å². The molecule has 4 nitrogen and oxygen atoms in total. The van der Waals surface area contributed by atoms with Crippen molar-refractivity contribution in [3.8, 4) is 0 Å². The minimum atomic E-state index is -0.462. The first-order valence-electron chi connectivity index (χ1n) is 9.75. The van der Waals surface area contributed by atoms with E-state index < -0.39 is 6.29 Å². The first-order chi connectivity index (χ1) is 14.2. The van der Waals surface area contributed by atoms with Crippen molar-refractivity contribution < 1.29 is 14.6 Å². The number of nitrogen functional groups attached to an aromatic ring is 1. The second-order valence-electron chi connectivity index (χ2n) is 7.14. The van der Waals surface area contributed by atoms with Crippen LogP contribution in [0.3, 0.4) is 0 Å². The summed E-state index contributed by atoms with van der Waals surface area (Å²) in [7, 11) is 0. The zero-order chi connectivity index (χ0) is 20.1. The van der Waals surface area contributed by atoms with Crippen LogP contribution in [0, 0.1) is 0 Å². The fourth-order valence-electron chi connectivity index (χ4n) is 3.43. The van der Waals surface area contributed by atoms with Gasteiger partial charge >= 0.3 is 0 Å². The van der Waals surface area contributed by atoms with Gasteiger partial charge in [0.15, 0.2) is 6.29 Å². The van der Waals surface area contributed by atoms with E-state index in [0.29, 0.717) is 5.69 Å². The van der Waals surface area contributed by atoms with E-state index in [1.54, 1.807) is 11.8 Å². The van der Waals surface area contributed by atoms with Crippen molar-refractivity contribution in [2.75, 3.05) is 11.5 Å². The van der Waals surface area contributed by atoms with Crippen LogP contribution in [-0.4, -0.2) is 17.0 Å². The standard InChI is InChI=1S/C24H25NO3S/c25-20-6-4-5-19(13-20)24-27-21(16-29-22-7-2-1-3-8-22)14-23(28-24)18-11-9-17(15-26)10-12-18/h1-13,21,23-24,26H,14-16,25H2/t21-,23+,24+/m1/s1. The Labute approximate surface area is 175 Å². The first-order valence-corrected chi connectivity index (χ1v) is 10.7. The van der Waals surface area contributed by atoms with Gasteiger partial charge in [0.05, 0.1) is 18.8 Å². The van der Waals surface area contributed by atoms with Crippen LogP contribution in [0.4, 0.5) is 5.69 Å². The van der Waals surface area contributed by atoms with Crippen molar-refractivity contribution in [3.05, 3.63) is 95.6 Å². The highest BCUT2D eigenvalue weighted by molar-refractivity contribution is 7.99. The van der Waals surface area contributed by atoms with Gasteiger partial charge in [0.25, 0.3) is 0 Å². The maximum atomic E-state index is 9.31. The van der Waals surface area contributed by atoms with Gasteiger partial charge in [-0.25, -0.2) is 0 Å². The molecule has 0 aromatic heterocycles. The average molecular weight is 408 g/mol. The number of ether oxygens (including phenoxy) is 2. The third-order valence-corrected chi connectivity index (χ3v) is 6.12. The number of hydrogen-bond donors (Lipinski definition) is 2. The van der Waals surface area contributed by atoms with Gasteiger partial charge in [-0.05, 0) is 35.4 Å². The van der Waals surface area contributed by atoms with Crippen molar-refractivity contribution in [2.45, 2.75) is 36.4 Å². The van der Waals surface area contributed by atoms with E-state index in [4.69, 9.17) is 15.2 Å². The van der Waals surface area contributed by atoms with E-state index in [9.17, 15) is 5.11 Å². The Morgan fingerprint density at radius 1 is 0.897 bits per heavy atom. The molecule has 4 rings (SSSR count). The summed E-state index contributed by atoms with van der Waals surface area (Å²) >= 11 is 1.79. The van der Waals surface area contributed by atoms with Gasteiger partial charge in [-0.3, -0.25) is 0 Å². The van der Waals surface area contributed by atoms with Gasteiger partial charge in [0.2, 0.25) is 0 Å². The quantitative estimate of drug-likeness (QED) is 0.440. The van der Waals surface area contributed by atoms with Crippen LogP contribution in [0.5, 0.6) is 0 Å². The lowest BCUT2D eigenvalue weighted by atomic mass is 10.0. The van der Waals surface area contributed by atoms with Gasteiger partial charge in [-0.1, -0.05) is 54.6 Å². The third kappa shape index (κ3) is 5.19. The first kappa shape index (κ1) is 20.0. The van der Waals surface area contributed by atoms with Gasteiger partial charge in [0, 0.05) is 28.3 Å². The summed E-state index contributed by atoms with van der Waals surface area (Å²) in [5.41, 5.74) is 9.58. The fraction of sp³-hybridized carbons (Fsp3) is 0.250. The molecule has 0 amide bonds. The number of aliphatic hydroxyl groups excluding tert-OH is 1. The minimum absolute atomic E-state index is 0.0389. The molecule has 1 aliphatic heterocycles. The molecule has 1 saturated heterocycles. The molecule has 0 unspecified atom stereocenters. The number of hydrogen-bond acceptors (Lipinski definition) is 5. The molecule has 0 bridgehead atoms. The SMILES string of the molecule is Nc1cccc([C@H]2O[C@@H](CSc3ccccc3)C[C@@H](c3ccc(CO)cc3)O2)c1. The predicted molar refractivity (Wildman–Crippen MR) is 116 cm³/mol. The number of anilines is 1. The number of benzene rings is 3. The number of thioether (sulfide) groups is 1. The Bertz CT molecular complexity index is 917. The molecule has 3 aromatic rings. The number of rotatable bonds is 6. The highest BCUT2D eigenvalue weighted by atomic mass is 32.2. The average Bonchev–Trinajstić information content (AvgIpc) is 2.78. The van der Waals surface area contributed by atoms with E-state index in [1.165, 1.54) is 4.90 Å². The molecular weight excluding hydrogens is 382 g/mol. The normalized spacial score (nSPS) is 21.8. The lowest BCUT2D eigenvalue weighted by Crippen LogP contribution is -2.31.